The molecule has 0 atom stereocenters. The quantitative estimate of drug-likeness (QED) is 0.396. The standard InChI is InChI=1S/C25H23N3O4S/c1-15-13-21(16(2)28(15)19-9-11-20(31-3)12-10-19)22-14-33-25(26-22)27-23(29)17-5-7-18(8-6-17)24(30)32-4/h5-14H,1-4H3,(H,26,27,29). The first-order valence-corrected chi connectivity index (χ1v) is 11.1. The minimum Gasteiger partial charge on any atom is -0.497 e. The van der Waals surface area contributed by atoms with Crippen LogP contribution in [0.1, 0.15) is 32.1 Å². The van der Waals surface area contributed by atoms with Crippen LogP contribution < -0.4 is 10.1 Å². The molecule has 33 heavy (non-hydrogen) atoms. The molecule has 1 N–H and O–H groups in total. The van der Waals surface area contributed by atoms with Gasteiger partial charge in [0.15, 0.2) is 5.13 Å². The van der Waals surface area contributed by atoms with Gasteiger partial charge in [0, 0.05) is 33.6 Å². The molecule has 0 aliphatic heterocycles. The van der Waals surface area contributed by atoms with Crippen LogP contribution in [-0.2, 0) is 4.74 Å². The van der Waals surface area contributed by atoms with Crippen LogP contribution in [0.15, 0.2) is 60.0 Å². The molecule has 2 heterocycles. The van der Waals surface area contributed by atoms with Gasteiger partial charge in [-0.25, -0.2) is 9.78 Å². The number of aryl methyl sites for hydroxylation is 1. The van der Waals surface area contributed by atoms with E-state index in [1.54, 1.807) is 31.4 Å². The van der Waals surface area contributed by atoms with Gasteiger partial charge in [-0.15, -0.1) is 11.3 Å². The fourth-order valence-electron chi connectivity index (χ4n) is 3.65. The molecule has 4 aromatic rings. The van der Waals surface area contributed by atoms with Crippen LogP contribution in [0.5, 0.6) is 5.75 Å². The predicted octanol–water partition coefficient (Wildman–Crippen LogP) is 5.27. The van der Waals surface area contributed by atoms with Crippen LogP contribution in [0.25, 0.3) is 16.9 Å². The van der Waals surface area contributed by atoms with Crippen molar-refractivity contribution in [2.24, 2.45) is 0 Å². The SMILES string of the molecule is COC(=O)c1ccc(C(=O)Nc2nc(-c3cc(C)n(-c4ccc(OC)cc4)c3C)cs2)cc1. The Hall–Kier alpha value is -3.91. The van der Waals surface area contributed by atoms with E-state index in [0.29, 0.717) is 16.3 Å². The number of rotatable bonds is 6. The number of esters is 1. The number of benzene rings is 2. The number of carbonyl (C=O) groups excluding carboxylic acids is 2. The number of nitrogens with zero attached hydrogens (tertiary/aromatic N) is 2. The van der Waals surface area contributed by atoms with E-state index >= 15 is 0 Å². The first-order valence-electron chi connectivity index (χ1n) is 10.2. The minimum atomic E-state index is -0.446. The smallest absolute Gasteiger partial charge is 0.337 e. The molecule has 0 bridgehead atoms. The van der Waals surface area contributed by atoms with Crippen molar-refractivity contribution in [3.63, 3.8) is 0 Å². The summed E-state index contributed by atoms with van der Waals surface area (Å²) in [5.41, 5.74) is 5.79. The molecule has 1 amide bonds. The van der Waals surface area contributed by atoms with Crippen molar-refractivity contribution < 1.29 is 19.1 Å². The van der Waals surface area contributed by atoms with Crippen LogP contribution in [0.2, 0.25) is 0 Å². The number of ether oxygens (including phenoxy) is 2. The molecule has 0 saturated heterocycles. The summed E-state index contributed by atoms with van der Waals surface area (Å²) in [6, 6.07) is 16.3. The zero-order valence-corrected chi connectivity index (χ0v) is 19.5. The summed E-state index contributed by atoms with van der Waals surface area (Å²) in [7, 11) is 2.96. The topological polar surface area (TPSA) is 82.5 Å². The number of carbonyl (C=O) groups is 2. The number of hydrogen-bond donors (Lipinski definition) is 1. The fourth-order valence-corrected chi connectivity index (χ4v) is 4.36. The third kappa shape index (κ3) is 4.51. The highest BCUT2D eigenvalue weighted by atomic mass is 32.1. The average molecular weight is 462 g/mol. The molecule has 8 heteroatoms. The third-order valence-electron chi connectivity index (χ3n) is 5.33. The highest BCUT2D eigenvalue weighted by molar-refractivity contribution is 7.14. The van der Waals surface area contributed by atoms with E-state index in [1.165, 1.54) is 18.4 Å². The van der Waals surface area contributed by atoms with Gasteiger partial charge in [-0.2, -0.15) is 0 Å². The highest BCUT2D eigenvalue weighted by Crippen LogP contribution is 2.32. The summed E-state index contributed by atoms with van der Waals surface area (Å²) < 4.78 is 12.1. The Bertz CT molecular complexity index is 1300. The third-order valence-corrected chi connectivity index (χ3v) is 6.09. The van der Waals surface area contributed by atoms with Gasteiger partial charge in [0.05, 0.1) is 25.5 Å². The number of nitrogens with one attached hydrogen (secondary N) is 1. The molecule has 4 rings (SSSR count). The lowest BCUT2D eigenvalue weighted by atomic mass is 10.1. The Kier molecular flexibility index (Phi) is 6.28. The van der Waals surface area contributed by atoms with Gasteiger partial charge in [-0.3, -0.25) is 10.1 Å². The molecule has 0 spiro atoms. The fraction of sp³-hybridized carbons (Fsp3) is 0.160. The Morgan fingerprint density at radius 3 is 2.27 bits per heavy atom. The largest absolute Gasteiger partial charge is 0.497 e. The number of hydrogen-bond acceptors (Lipinski definition) is 6. The summed E-state index contributed by atoms with van der Waals surface area (Å²) in [5, 5.41) is 5.26. The zero-order chi connectivity index (χ0) is 23.5. The van der Waals surface area contributed by atoms with Crippen LogP contribution in [0.4, 0.5) is 5.13 Å². The maximum atomic E-state index is 12.6. The molecule has 2 aromatic heterocycles. The van der Waals surface area contributed by atoms with Crippen LogP contribution in [0, 0.1) is 13.8 Å². The Balaban J connectivity index is 1.53. The lowest BCUT2D eigenvalue weighted by Gasteiger charge is -2.10. The van der Waals surface area contributed by atoms with Crippen molar-refractivity contribution in [2.45, 2.75) is 13.8 Å². The lowest BCUT2D eigenvalue weighted by molar-refractivity contribution is 0.0600. The maximum absolute atomic E-state index is 12.6. The Morgan fingerprint density at radius 1 is 0.970 bits per heavy atom. The molecule has 0 saturated carbocycles. The van der Waals surface area contributed by atoms with Gasteiger partial charge in [0.2, 0.25) is 0 Å². The molecule has 168 valence electrons. The molecule has 0 unspecified atom stereocenters. The van der Waals surface area contributed by atoms with Crippen LogP contribution in [-0.4, -0.2) is 35.6 Å². The van der Waals surface area contributed by atoms with E-state index in [-0.39, 0.29) is 5.91 Å². The second kappa shape index (κ2) is 9.30. The van der Waals surface area contributed by atoms with Crippen molar-refractivity contribution >= 4 is 28.3 Å². The lowest BCUT2D eigenvalue weighted by Crippen LogP contribution is -2.12. The summed E-state index contributed by atoms with van der Waals surface area (Å²) >= 11 is 1.36. The summed E-state index contributed by atoms with van der Waals surface area (Å²) in [6.07, 6.45) is 0. The first-order chi connectivity index (χ1) is 15.9. The molecule has 2 aromatic carbocycles. The van der Waals surface area contributed by atoms with Crippen molar-refractivity contribution in [1.82, 2.24) is 9.55 Å². The Labute approximate surface area is 195 Å². The molecule has 0 aliphatic carbocycles. The first kappa shape index (κ1) is 22.3. The van der Waals surface area contributed by atoms with E-state index < -0.39 is 5.97 Å². The molecule has 0 aliphatic rings. The maximum Gasteiger partial charge on any atom is 0.337 e. The normalized spacial score (nSPS) is 10.7. The minimum absolute atomic E-state index is 0.295. The van der Waals surface area contributed by atoms with E-state index in [1.807, 2.05) is 43.5 Å². The number of amides is 1. The molecule has 0 radical (unpaired) electrons. The van der Waals surface area contributed by atoms with Gasteiger partial charge in [0.25, 0.3) is 5.91 Å². The van der Waals surface area contributed by atoms with Gasteiger partial charge >= 0.3 is 5.97 Å². The second-order valence-corrected chi connectivity index (χ2v) is 8.24. The van der Waals surface area contributed by atoms with Crippen LogP contribution in [0.3, 0.4) is 0 Å². The van der Waals surface area contributed by atoms with Gasteiger partial charge in [0.1, 0.15) is 5.75 Å². The van der Waals surface area contributed by atoms with Crippen LogP contribution >= 0.6 is 11.3 Å². The molecule has 7 nitrogen and oxygen atoms in total. The van der Waals surface area contributed by atoms with Crippen molar-refractivity contribution in [3.05, 3.63) is 82.5 Å². The van der Waals surface area contributed by atoms with Crippen molar-refractivity contribution in [3.8, 4) is 22.7 Å². The van der Waals surface area contributed by atoms with E-state index in [0.717, 1.165) is 34.1 Å². The van der Waals surface area contributed by atoms with E-state index in [4.69, 9.17) is 4.74 Å². The summed E-state index contributed by atoms with van der Waals surface area (Å²) in [6.45, 7) is 4.10. The summed E-state index contributed by atoms with van der Waals surface area (Å²) in [5.74, 6) is 0.0658. The highest BCUT2D eigenvalue weighted by Gasteiger charge is 2.16. The second-order valence-electron chi connectivity index (χ2n) is 7.38. The van der Waals surface area contributed by atoms with Gasteiger partial charge in [-0.1, -0.05) is 0 Å². The molecule has 0 fully saturated rings. The van der Waals surface area contributed by atoms with Gasteiger partial charge < -0.3 is 14.0 Å². The van der Waals surface area contributed by atoms with Gasteiger partial charge in [-0.05, 0) is 68.4 Å². The summed E-state index contributed by atoms with van der Waals surface area (Å²) in [4.78, 5) is 28.8. The molecular weight excluding hydrogens is 438 g/mol. The van der Waals surface area contributed by atoms with Crippen molar-refractivity contribution in [2.75, 3.05) is 19.5 Å². The van der Waals surface area contributed by atoms with E-state index in [2.05, 4.69) is 25.7 Å². The Morgan fingerprint density at radius 2 is 1.64 bits per heavy atom. The van der Waals surface area contributed by atoms with Crippen molar-refractivity contribution in [1.29, 1.82) is 0 Å². The number of methoxy groups -OCH3 is 2. The monoisotopic (exact) mass is 461 g/mol. The average Bonchev–Trinajstić information content (AvgIpc) is 3.42. The number of thiazole rings is 1. The van der Waals surface area contributed by atoms with E-state index in [9.17, 15) is 9.59 Å². The predicted molar refractivity (Wildman–Crippen MR) is 129 cm³/mol. The number of aromatic nitrogens is 2. The zero-order valence-electron chi connectivity index (χ0n) is 18.7. The number of anilines is 1. The molecular formula is C25H23N3O4S.